The Morgan fingerprint density at radius 1 is 0.721 bits per heavy atom. The lowest BCUT2D eigenvalue weighted by molar-refractivity contribution is 0.632. The maximum Gasteiger partial charge on any atom is 0.151 e. The van der Waals surface area contributed by atoms with E-state index in [1.165, 1.54) is 38.7 Å². The monoisotopic (exact) mass is 584 g/mol. The summed E-state index contributed by atoms with van der Waals surface area (Å²) in [4.78, 5) is 7.56. The van der Waals surface area contributed by atoms with Crippen LogP contribution in [0.15, 0.2) is 97.2 Å². The number of rotatable bonds is 4. The normalized spacial score (nSPS) is 14.8. The molecule has 1 N–H and O–H groups in total. The molecule has 1 aliphatic rings. The smallest absolute Gasteiger partial charge is 0.151 e. The van der Waals surface area contributed by atoms with Crippen LogP contribution in [0.5, 0.6) is 0 Å². The number of H-pyrrole nitrogens is 1. The summed E-state index contributed by atoms with van der Waals surface area (Å²) in [5.41, 5.74) is 9.24. The van der Waals surface area contributed by atoms with Gasteiger partial charge >= 0.3 is 0 Å². The Kier molecular flexibility index (Phi) is 6.81. The number of aromatic amines is 1. The molecule has 0 aliphatic carbocycles. The van der Waals surface area contributed by atoms with Crippen molar-refractivity contribution in [2.75, 3.05) is 4.90 Å². The van der Waals surface area contributed by atoms with Crippen LogP contribution in [-0.4, -0.2) is 23.3 Å². The summed E-state index contributed by atoms with van der Waals surface area (Å²) in [7, 11) is -2.47. The molecule has 0 saturated heterocycles. The number of hydrogen-bond donors (Lipinski definition) is 1. The number of aromatic nitrogens is 3. The van der Waals surface area contributed by atoms with Crippen LogP contribution < -0.4 is 15.4 Å². The summed E-state index contributed by atoms with van der Waals surface area (Å²) in [5, 5.41) is 10.4. The van der Waals surface area contributed by atoms with E-state index in [0.717, 1.165) is 17.0 Å². The topological polar surface area (TPSA) is 44.8 Å². The highest BCUT2D eigenvalue weighted by molar-refractivity contribution is 7.05. The molecule has 220 valence electrons. The zero-order chi connectivity index (χ0) is 30.8. The molecule has 1 aliphatic heterocycles. The molecule has 5 heteroatoms. The highest BCUT2D eigenvalue weighted by atomic mass is 28.3. The van der Waals surface area contributed by atoms with Crippen molar-refractivity contribution in [1.29, 1.82) is 0 Å². The van der Waals surface area contributed by atoms with Gasteiger partial charge in [-0.15, -0.1) is 0 Å². The van der Waals surface area contributed by atoms with Crippen LogP contribution in [-0.2, 0) is 5.41 Å². The number of anilines is 3. The minimum Gasteiger partial charge on any atom is -0.310 e. The van der Waals surface area contributed by atoms with Gasteiger partial charge in [-0.2, -0.15) is 5.10 Å². The minimum atomic E-state index is -2.47. The van der Waals surface area contributed by atoms with E-state index in [-0.39, 0.29) is 15.5 Å². The average Bonchev–Trinajstić information content (AvgIpc) is 3.39. The second-order valence-corrected chi connectivity index (χ2v) is 20.3. The Morgan fingerprint density at radius 3 is 2.07 bits per heavy atom. The number of hydrogen-bond acceptors (Lipinski definition) is 3. The van der Waals surface area contributed by atoms with E-state index in [4.69, 9.17) is 4.98 Å². The largest absolute Gasteiger partial charge is 0.310 e. The Morgan fingerprint density at radius 2 is 1.42 bits per heavy atom. The fraction of sp³-hybridized carbons (Fsp3) is 0.316. The van der Waals surface area contributed by atoms with Gasteiger partial charge < -0.3 is 4.90 Å². The second kappa shape index (κ2) is 10.1. The van der Waals surface area contributed by atoms with Crippen molar-refractivity contribution in [3.05, 3.63) is 114 Å². The van der Waals surface area contributed by atoms with Crippen molar-refractivity contribution < 1.29 is 0 Å². The van der Waals surface area contributed by atoms with Crippen LogP contribution >= 0.6 is 0 Å². The van der Waals surface area contributed by atoms with Gasteiger partial charge in [0.15, 0.2) is 8.07 Å². The first-order valence-corrected chi connectivity index (χ1v) is 17.4. The zero-order valence-electron chi connectivity index (χ0n) is 27.1. The Balaban J connectivity index is 1.64. The van der Waals surface area contributed by atoms with Crippen molar-refractivity contribution in [2.45, 2.75) is 77.8 Å². The summed E-state index contributed by atoms with van der Waals surface area (Å²) in [6.07, 6.45) is 1.97. The molecule has 0 unspecified atom stereocenters. The van der Waals surface area contributed by atoms with Crippen LogP contribution in [0.3, 0.4) is 0 Å². The van der Waals surface area contributed by atoms with Gasteiger partial charge in [0.2, 0.25) is 0 Å². The number of para-hydroxylation sites is 1. The van der Waals surface area contributed by atoms with Crippen LogP contribution in [0.2, 0.25) is 10.1 Å². The lowest BCUT2D eigenvalue weighted by Crippen LogP contribution is -2.70. The first kappa shape index (κ1) is 29.1. The van der Waals surface area contributed by atoms with E-state index in [2.05, 4.69) is 155 Å². The molecule has 0 bridgehead atoms. The van der Waals surface area contributed by atoms with E-state index in [9.17, 15) is 0 Å². The quantitative estimate of drug-likeness (QED) is 0.214. The number of fused-ring (bicyclic) bond motifs is 2. The summed E-state index contributed by atoms with van der Waals surface area (Å²) in [6.45, 7) is 21.2. The van der Waals surface area contributed by atoms with E-state index in [0.29, 0.717) is 0 Å². The fourth-order valence-corrected chi connectivity index (χ4v) is 15.2. The summed E-state index contributed by atoms with van der Waals surface area (Å²) < 4.78 is 0. The van der Waals surface area contributed by atoms with E-state index < -0.39 is 8.07 Å². The van der Waals surface area contributed by atoms with Gasteiger partial charge in [0.25, 0.3) is 0 Å². The van der Waals surface area contributed by atoms with Gasteiger partial charge in [0.1, 0.15) is 0 Å². The fourth-order valence-electron chi connectivity index (χ4n) is 8.09. The number of aryl methyl sites for hydroxylation is 1. The zero-order valence-corrected chi connectivity index (χ0v) is 28.1. The van der Waals surface area contributed by atoms with Crippen LogP contribution in [0, 0.1) is 6.92 Å². The second-order valence-electron chi connectivity index (χ2n) is 14.7. The predicted molar refractivity (Wildman–Crippen MR) is 184 cm³/mol. The van der Waals surface area contributed by atoms with Crippen LogP contribution in [0.4, 0.5) is 17.1 Å². The van der Waals surface area contributed by atoms with Gasteiger partial charge in [0, 0.05) is 33.9 Å². The molecule has 5 aromatic rings. The molecule has 0 atom stereocenters. The minimum absolute atomic E-state index is 0.0168. The first-order valence-electron chi connectivity index (χ1n) is 15.4. The molecule has 43 heavy (non-hydrogen) atoms. The molecular weight excluding hydrogens is 541 g/mol. The van der Waals surface area contributed by atoms with Gasteiger partial charge in [-0.05, 0) is 75.8 Å². The number of nitrogens with zero attached hydrogens (tertiary/aromatic N) is 3. The Hall–Kier alpha value is -3.96. The third-order valence-electron chi connectivity index (χ3n) is 9.57. The average molecular weight is 585 g/mol. The molecular formula is C38H44N4Si. The van der Waals surface area contributed by atoms with Crippen molar-refractivity contribution in [3.63, 3.8) is 0 Å². The third kappa shape index (κ3) is 4.48. The summed E-state index contributed by atoms with van der Waals surface area (Å²) >= 11 is 0. The highest BCUT2D eigenvalue weighted by Gasteiger charge is 2.56. The molecule has 6 rings (SSSR count). The predicted octanol–water partition coefficient (Wildman–Crippen LogP) is 9.05. The molecule has 3 aromatic carbocycles. The van der Waals surface area contributed by atoms with Gasteiger partial charge in [-0.1, -0.05) is 104 Å². The van der Waals surface area contributed by atoms with Crippen LogP contribution in [0.25, 0.3) is 11.3 Å². The van der Waals surface area contributed by atoms with E-state index >= 15 is 0 Å². The molecule has 0 fully saturated rings. The Labute approximate surface area is 258 Å². The third-order valence-corrected chi connectivity index (χ3v) is 16.3. The van der Waals surface area contributed by atoms with Gasteiger partial charge in [0.05, 0.1) is 17.1 Å². The number of nitrogens with one attached hydrogen (secondary N) is 1. The molecule has 0 radical (unpaired) electrons. The standard InChI is InChI=1S/C38H44N4Si/c1-26-23-32(41-40-26)27-20-21-31-34(24-27)42(33-18-11-10-17-30(33)38(31,8)9)28-15-14-16-29(25-28)43(36(2,3)4,37(5,6)7)35-19-12-13-22-39-35/h10-25H,1-9H3,(H,40,41). The van der Waals surface area contributed by atoms with E-state index in [1.807, 2.05) is 19.2 Å². The molecule has 4 nitrogen and oxygen atoms in total. The van der Waals surface area contributed by atoms with E-state index in [1.54, 1.807) is 0 Å². The molecule has 2 aromatic heterocycles. The molecule has 0 amide bonds. The number of benzene rings is 3. The van der Waals surface area contributed by atoms with Crippen LogP contribution in [0.1, 0.15) is 72.2 Å². The van der Waals surface area contributed by atoms with Crippen molar-refractivity contribution in [3.8, 4) is 11.3 Å². The van der Waals surface area contributed by atoms with Crippen molar-refractivity contribution >= 4 is 35.6 Å². The summed E-state index contributed by atoms with van der Waals surface area (Å²) in [6, 6.07) is 33.7. The molecule has 0 saturated carbocycles. The maximum absolute atomic E-state index is 5.08. The number of pyridine rings is 1. The lowest BCUT2D eigenvalue weighted by Gasteiger charge is -2.52. The van der Waals surface area contributed by atoms with Gasteiger partial charge in [-0.25, -0.2) is 0 Å². The SMILES string of the molecule is Cc1cc(-c2ccc3c(c2)N(c2cccc([Si](c4ccccn4)(C(C)(C)C)C(C)(C)C)c2)c2ccccc2C3(C)C)n[nH]1. The molecule has 3 heterocycles. The highest BCUT2D eigenvalue weighted by Crippen LogP contribution is 2.54. The van der Waals surface area contributed by atoms with Crippen molar-refractivity contribution in [2.24, 2.45) is 0 Å². The Bertz CT molecular complexity index is 1770. The molecule has 0 spiro atoms. The van der Waals surface area contributed by atoms with Crippen molar-refractivity contribution in [1.82, 2.24) is 15.2 Å². The summed E-state index contributed by atoms with van der Waals surface area (Å²) in [5.74, 6) is 0. The first-order chi connectivity index (χ1) is 20.3. The maximum atomic E-state index is 5.08. The lowest BCUT2D eigenvalue weighted by atomic mass is 9.73. The van der Waals surface area contributed by atoms with Gasteiger partial charge in [-0.3, -0.25) is 10.1 Å².